The Kier molecular flexibility index (Phi) is 3.53. The largest absolute Gasteiger partial charge is 0.325 e. The molecule has 1 amide bonds. The molecule has 1 unspecified atom stereocenters. The average Bonchev–Trinajstić information content (AvgIpc) is 3.01. The molecule has 1 atom stereocenters. The third-order valence-electron chi connectivity index (χ3n) is 4.05. The maximum atomic E-state index is 12.7. The number of rotatable bonds is 3. The van der Waals surface area contributed by atoms with Gasteiger partial charge in [0.2, 0.25) is 5.91 Å². The van der Waals surface area contributed by atoms with Crippen molar-refractivity contribution in [2.24, 2.45) is 0 Å². The summed E-state index contributed by atoms with van der Waals surface area (Å²) in [7, 11) is 0. The lowest BCUT2D eigenvalue weighted by Crippen LogP contribution is -2.38. The van der Waals surface area contributed by atoms with Crippen LogP contribution in [0.3, 0.4) is 0 Å². The van der Waals surface area contributed by atoms with E-state index in [2.05, 4.69) is 31.8 Å². The van der Waals surface area contributed by atoms with E-state index in [9.17, 15) is 4.79 Å². The fraction of sp³-hybridized carbons (Fsp3) is 0.412. The van der Waals surface area contributed by atoms with Crippen molar-refractivity contribution in [3.8, 4) is 0 Å². The molecule has 110 valence electrons. The normalized spacial score (nSPS) is 17.3. The lowest BCUT2D eigenvalue weighted by Gasteiger charge is -2.23. The quantitative estimate of drug-likeness (QED) is 0.868. The summed E-state index contributed by atoms with van der Waals surface area (Å²) < 4.78 is 1.96. The molecule has 1 aliphatic rings. The number of hydrogen-bond donors (Lipinski definition) is 0. The highest BCUT2D eigenvalue weighted by molar-refractivity contribution is 5.96. The van der Waals surface area contributed by atoms with Crippen molar-refractivity contribution in [3.05, 3.63) is 48.0 Å². The Morgan fingerprint density at radius 3 is 2.90 bits per heavy atom. The van der Waals surface area contributed by atoms with Crippen molar-refractivity contribution in [3.63, 3.8) is 0 Å². The molecule has 0 aliphatic carbocycles. The van der Waals surface area contributed by atoms with Crippen molar-refractivity contribution < 1.29 is 4.79 Å². The highest BCUT2D eigenvalue weighted by atomic mass is 16.2. The maximum Gasteiger partial charge on any atom is 0.247 e. The molecule has 1 aromatic heterocycles. The van der Waals surface area contributed by atoms with Crippen LogP contribution in [0, 0.1) is 0 Å². The van der Waals surface area contributed by atoms with Gasteiger partial charge >= 0.3 is 0 Å². The monoisotopic (exact) mass is 283 g/mol. The molecule has 1 aromatic carbocycles. The molecule has 0 fully saturated rings. The maximum absolute atomic E-state index is 12.7. The van der Waals surface area contributed by atoms with Crippen LogP contribution in [-0.2, 0) is 17.8 Å². The summed E-state index contributed by atoms with van der Waals surface area (Å²) in [6.45, 7) is 6.65. The SMILES string of the molecule is CC(C)c1nccn1CC(=O)N1c2ccccc2CC1C. The second-order valence-corrected chi connectivity index (χ2v) is 6.01. The van der Waals surface area contributed by atoms with Gasteiger partial charge in [-0.1, -0.05) is 32.0 Å². The summed E-state index contributed by atoms with van der Waals surface area (Å²) in [5, 5.41) is 0. The second-order valence-electron chi connectivity index (χ2n) is 6.01. The van der Waals surface area contributed by atoms with E-state index in [4.69, 9.17) is 0 Å². The van der Waals surface area contributed by atoms with E-state index >= 15 is 0 Å². The first kappa shape index (κ1) is 13.9. The minimum Gasteiger partial charge on any atom is -0.325 e. The number of nitrogens with zero attached hydrogens (tertiary/aromatic N) is 3. The Hall–Kier alpha value is -2.10. The molecule has 21 heavy (non-hydrogen) atoms. The number of anilines is 1. The van der Waals surface area contributed by atoms with E-state index in [1.807, 2.05) is 33.9 Å². The fourth-order valence-corrected chi connectivity index (χ4v) is 3.12. The van der Waals surface area contributed by atoms with Gasteiger partial charge in [0.05, 0.1) is 0 Å². The number of hydrogen-bond acceptors (Lipinski definition) is 2. The van der Waals surface area contributed by atoms with Crippen molar-refractivity contribution in [1.29, 1.82) is 0 Å². The van der Waals surface area contributed by atoms with Crippen LogP contribution < -0.4 is 4.90 Å². The molecule has 0 radical (unpaired) electrons. The van der Waals surface area contributed by atoms with Gasteiger partial charge in [-0.3, -0.25) is 4.79 Å². The molecule has 0 bridgehead atoms. The number of para-hydroxylation sites is 1. The Morgan fingerprint density at radius 2 is 2.14 bits per heavy atom. The van der Waals surface area contributed by atoms with Gasteiger partial charge in [-0.25, -0.2) is 4.98 Å². The molecule has 3 rings (SSSR count). The van der Waals surface area contributed by atoms with E-state index in [0.717, 1.165) is 17.9 Å². The highest BCUT2D eigenvalue weighted by Crippen LogP contribution is 2.32. The summed E-state index contributed by atoms with van der Waals surface area (Å²) in [6, 6.07) is 8.39. The van der Waals surface area contributed by atoms with Gasteiger partial charge < -0.3 is 9.47 Å². The first-order valence-corrected chi connectivity index (χ1v) is 7.49. The van der Waals surface area contributed by atoms with Crippen LogP contribution in [0.15, 0.2) is 36.7 Å². The standard InChI is InChI=1S/C17H21N3O/c1-12(2)17-18-8-9-19(17)11-16(21)20-13(3)10-14-6-4-5-7-15(14)20/h4-9,12-13H,10-11H2,1-3H3. The minimum absolute atomic E-state index is 0.132. The number of fused-ring (bicyclic) bond motifs is 1. The Balaban J connectivity index is 1.84. The zero-order valence-electron chi connectivity index (χ0n) is 12.8. The molecular weight excluding hydrogens is 262 g/mol. The van der Waals surface area contributed by atoms with Crippen LogP contribution in [0.5, 0.6) is 0 Å². The topological polar surface area (TPSA) is 38.1 Å². The molecule has 4 nitrogen and oxygen atoms in total. The summed E-state index contributed by atoms with van der Waals surface area (Å²) in [6.07, 6.45) is 4.59. The molecule has 0 spiro atoms. The van der Waals surface area contributed by atoms with Crippen LogP contribution >= 0.6 is 0 Å². The van der Waals surface area contributed by atoms with Gasteiger partial charge in [-0.05, 0) is 25.0 Å². The molecule has 0 saturated carbocycles. The van der Waals surface area contributed by atoms with E-state index in [0.29, 0.717) is 12.5 Å². The molecular formula is C17H21N3O. The van der Waals surface area contributed by atoms with Crippen LogP contribution in [0.25, 0.3) is 0 Å². The predicted octanol–water partition coefficient (Wildman–Crippen LogP) is 2.98. The Bertz CT molecular complexity index is 660. The van der Waals surface area contributed by atoms with Crippen molar-refractivity contribution in [1.82, 2.24) is 9.55 Å². The summed E-state index contributed by atoms with van der Waals surface area (Å²) in [4.78, 5) is 19.0. The molecule has 2 heterocycles. The smallest absolute Gasteiger partial charge is 0.247 e. The van der Waals surface area contributed by atoms with Gasteiger partial charge in [-0.15, -0.1) is 0 Å². The Morgan fingerprint density at radius 1 is 1.38 bits per heavy atom. The fourth-order valence-electron chi connectivity index (χ4n) is 3.12. The van der Waals surface area contributed by atoms with Crippen molar-refractivity contribution >= 4 is 11.6 Å². The van der Waals surface area contributed by atoms with Crippen LogP contribution in [0.1, 0.15) is 38.1 Å². The molecule has 0 N–H and O–H groups in total. The zero-order chi connectivity index (χ0) is 15.0. The predicted molar refractivity (Wildman–Crippen MR) is 83.4 cm³/mol. The van der Waals surface area contributed by atoms with E-state index in [-0.39, 0.29) is 11.9 Å². The molecule has 4 heteroatoms. The third-order valence-corrected chi connectivity index (χ3v) is 4.05. The van der Waals surface area contributed by atoms with Gasteiger partial charge in [-0.2, -0.15) is 0 Å². The van der Waals surface area contributed by atoms with Crippen LogP contribution in [0.4, 0.5) is 5.69 Å². The Labute approximate surface area is 125 Å². The minimum atomic E-state index is 0.132. The number of amides is 1. The number of benzene rings is 1. The first-order valence-electron chi connectivity index (χ1n) is 7.49. The van der Waals surface area contributed by atoms with Crippen LogP contribution in [-0.4, -0.2) is 21.5 Å². The first-order chi connectivity index (χ1) is 10.1. The second kappa shape index (κ2) is 5.35. The number of aromatic nitrogens is 2. The zero-order valence-corrected chi connectivity index (χ0v) is 12.8. The number of carbonyl (C=O) groups excluding carboxylic acids is 1. The number of carbonyl (C=O) groups is 1. The van der Waals surface area contributed by atoms with Crippen molar-refractivity contribution in [2.75, 3.05) is 4.90 Å². The average molecular weight is 283 g/mol. The van der Waals surface area contributed by atoms with Crippen LogP contribution in [0.2, 0.25) is 0 Å². The lowest BCUT2D eigenvalue weighted by atomic mass is 10.1. The van der Waals surface area contributed by atoms with Gasteiger partial charge in [0.25, 0.3) is 0 Å². The lowest BCUT2D eigenvalue weighted by molar-refractivity contribution is -0.119. The summed E-state index contributed by atoms with van der Waals surface area (Å²) in [5.41, 5.74) is 2.31. The van der Waals surface area contributed by atoms with E-state index in [1.54, 1.807) is 6.20 Å². The molecule has 2 aromatic rings. The van der Waals surface area contributed by atoms with Gasteiger partial charge in [0, 0.05) is 30.0 Å². The van der Waals surface area contributed by atoms with E-state index in [1.165, 1.54) is 5.56 Å². The molecule has 1 aliphatic heterocycles. The van der Waals surface area contributed by atoms with Gasteiger partial charge in [0.1, 0.15) is 12.4 Å². The number of imidazole rings is 1. The van der Waals surface area contributed by atoms with Crippen molar-refractivity contribution in [2.45, 2.75) is 45.7 Å². The van der Waals surface area contributed by atoms with E-state index < -0.39 is 0 Å². The summed E-state index contributed by atoms with van der Waals surface area (Å²) in [5.74, 6) is 1.41. The van der Waals surface area contributed by atoms with Gasteiger partial charge in [0.15, 0.2) is 0 Å². The highest BCUT2D eigenvalue weighted by Gasteiger charge is 2.30. The summed E-state index contributed by atoms with van der Waals surface area (Å²) >= 11 is 0. The third kappa shape index (κ3) is 2.46. The molecule has 0 saturated heterocycles.